The number of hydrogen-bond donors (Lipinski definition) is 1. The Labute approximate surface area is 108 Å². The second-order valence-corrected chi connectivity index (χ2v) is 5.53. The van der Waals surface area contributed by atoms with E-state index in [1.165, 1.54) is 0 Å². The van der Waals surface area contributed by atoms with Crippen LogP contribution in [0.25, 0.3) is 0 Å². The van der Waals surface area contributed by atoms with Gasteiger partial charge in [0, 0.05) is 5.54 Å². The number of rotatable bonds is 5. The maximum Gasteiger partial charge on any atom is 0.183 e. The van der Waals surface area contributed by atoms with Crippen LogP contribution in [0.1, 0.15) is 39.4 Å². The number of hydrogen-bond acceptors (Lipinski definition) is 2. The lowest BCUT2D eigenvalue weighted by Crippen LogP contribution is -2.40. The van der Waals surface area contributed by atoms with E-state index in [9.17, 15) is 0 Å². The van der Waals surface area contributed by atoms with E-state index in [4.69, 9.17) is 4.42 Å². The summed E-state index contributed by atoms with van der Waals surface area (Å²) >= 11 is 6.73. The van der Waals surface area contributed by atoms with Crippen molar-refractivity contribution in [3.05, 3.63) is 21.0 Å². The Balaban J connectivity index is 2.56. The summed E-state index contributed by atoms with van der Waals surface area (Å²) < 4.78 is 7.23. The fourth-order valence-corrected chi connectivity index (χ4v) is 1.94. The highest BCUT2D eigenvalue weighted by molar-refractivity contribution is 9.13. The molecule has 0 unspecified atom stereocenters. The summed E-state index contributed by atoms with van der Waals surface area (Å²) in [6.45, 7) is 7.40. The highest BCUT2D eigenvalue weighted by Crippen LogP contribution is 2.27. The van der Waals surface area contributed by atoms with Gasteiger partial charge in [-0.3, -0.25) is 0 Å². The predicted octanol–water partition coefficient (Wildman–Crippen LogP) is 4.47. The van der Waals surface area contributed by atoms with E-state index in [0.29, 0.717) is 0 Å². The van der Waals surface area contributed by atoms with Crippen LogP contribution in [0.3, 0.4) is 0 Å². The molecule has 86 valence electrons. The lowest BCUT2D eigenvalue weighted by atomic mass is 9.95. The van der Waals surface area contributed by atoms with Crippen LogP contribution >= 0.6 is 31.9 Å². The molecular formula is C11H17Br2NO. The van der Waals surface area contributed by atoms with Crippen molar-refractivity contribution in [1.82, 2.24) is 5.32 Å². The first-order chi connectivity index (χ1) is 7.00. The van der Waals surface area contributed by atoms with Crippen molar-refractivity contribution < 1.29 is 4.42 Å². The third-order valence-electron chi connectivity index (χ3n) is 2.95. The molecule has 0 fully saturated rings. The predicted molar refractivity (Wildman–Crippen MR) is 69.9 cm³/mol. The van der Waals surface area contributed by atoms with Crippen LogP contribution in [-0.4, -0.2) is 5.54 Å². The molecule has 0 bridgehead atoms. The molecule has 15 heavy (non-hydrogen) atoms. The van der Waals surface area contributed by atoms with Crippen LogP contribution in [0, 0.1) is 0 Å². The van der Waals surface area contributed by atoms with E-state index in [1.54, 1.807) is 0 Å². The lowest BCUT2D eigenvalue weighted by molar-refractivity contribution is 0.312. The monoisotopic (exact) mass is 337 g/mol. The fraction of sp³-hybridized carbons (Fsp3) is 0.636. The molecule has 4 heteroatoms. The van der Waals surface area contributed by atoms with Crippen LogP contribution < -0.4 is 5.32 Å². The summed E-state index contributed by atoms with van der Waals surface area (Å²) in [7, 11) is 0. The first-order valence-corrected chi connectivity index (χ1v) is 6.78. The summed E-state index contributed by atoms with van der Waals surface area (Å²) in [5, 5.41) is 3.52. The van der Waals surface area contributed by atoms with Gasteiger partial charge >= 0.3 is 0 Å². The van der Waals surface area contributed by atoms with Crippen LogP contribution in [0.2, 0.25) is 0 Å². The average Bonchev–Trinajstić information content (AvgIpc) is 2.55. The van der Waals surface area contributed by atoms with Crippen molar-refractivity contribution in [3.8, 4) is 0 Å². The number of furan rings is 1. The van der Waals surface area contributed by atoms with Crippen molar-refractivity contribution in [2.45, 2.75) is 45.7 Å². The second-order valence-electron chi connectivity index (χ2n) is 3.96. The molecule has 0 aliphatic carbocycles. The Bertz CT molecular complexity index is 299. The van der Waals surface area contributed by atoms with E-state index in [0.717, 1.165) is 34.3 Å². The zero-order chi connectivity index (χ0) is 11.5. The minimum absolute atomic E-state index is 0.200. The van der Waals surface area contributed by atoms with E-state index in [-0.39, 0.29) is 5.54 Å². The van der Waals surface area contributed by atoms with Crippen LogP contribution in [0.5, 0.6) is 0 Å². The first-order valence-electron chi connectivity index (χ1n) is 5.19. The Kier molecular flexibility index (Phi) is 4.87. The Hall–Kier alpha value is 0.200. The molecule has 0 aromatic carbocycles. The average molecular weight is 339 g/mol. The van der Waals surface area contributed by atoms with Crippen molar-refractivity contribution in [1.29, 1.82) is 0 Å². The normalized spacial score (nSPS) is 12.1. The van der Waals surface area contributed by atoms with Gasteiger partial charge in [0.05, 0.1) is 11.0 Å². The summed E-state index contributed by atoms with van der Waals surface area (Å²) in [6.07, 6.45) is 2.24. The van der Waals surface area contributed by atoms with Gasteiger partial charge in [-0.05, 0) is 57.7 Å². The van der Waals surface area contributed by atoms with E-state index in [2.05, 4.69) is 57.9 Å². The third-order valence-corrected chi connectivity index (χ3v) is 4.66. The van der Waals surface area contributed by atoms with Crippen molar-refractivity contribution >= 4 is 31.9 Å². The van der Waals surface area contributed by atoms with Gasteiger partial charge in [0.2, 0.25) is 0 Å². The highest BCUT2D eigenvalue weighted by Gasteiger charge is 2.19. The van der Waals surface area contributed by atoms with Crippen molar-refractivity contribution in [2.75, 3.05) is 0 Å². The topological polar surface area (TPSA) is 25.2 Å². The largest absolute Gasteiger partial charge is 0.452 e. The van der Waals surface area contributed by atoms with Gasteiger partial charge in [0.1, 0.15) is 5.76 Å². The van der Waals surface area contributed by atoms with Gasteiger partial charge in [-0.25, -0.2) is 0 Å². The fourth-order valence-electron chi connectivity index (χ4n) is 1.28. The van der Waals surface area contributed by atoms with Crippen LogP contribution in [0.4, 0.5) is 0 Å². The molecule has 1 N–H and O–H groups in total. The molecule has 0 amide bonds. The minimum atomic E-state index is 0.200. The summed E-state index contributed by atoms with van der Waals surface area (Å²) in [4.78, 5) is 0. The molecular weight excluding hydrogens is 322 g/mol. The van der Waals surface area contributed by atoms with E-state index >= 15 is 0 Å². The highest BCUT2D eigenvalue weighted by atomic mass is 79.9. The van der Waals surface area contributed by atoms with Gasteiger partial charge in [-0.2, -0.15) is 0 Å². The maximum absolute atomic E-state index is 5.51. The zero-order valence-corrected chi connectivity index (χ0v) is 12.5. The zero-order valence-electron chi connectivity index (χ0n) is 9.36. The molecule has 0 aliphatic rings. The third kappa shape index (κ3) is 3.61. The molecule has 1 heterocycles. The lowest BCUT2D eigenvalue weighted by Gasteiger charge is -2.27. The van der Waals surface area contributed by atoms with Crippen LogP contribution in [-0.2, 0) is 6.54 Å². The van der Waals surface area contributed by atoms with Crippen molar-refractivity contribution in [2.24, 2.45) is 0 Å². The summed E-state index contributed by atoms with van der Waals surface area (Å²) in [5.74, 6) is 0.946. The molecule has 0 saturated heterocycles. The first kappa shape index (κ1) is 13.3. The smallest absolute Gasteiger partial charge is 0.183 e. The molecule has 0 spiro atoms. The Morgan fingerprint density at radius 1 is 1.33 bits per heavy atom. The SMILES string of the molecule is CCC(C)(CC)NCc1cc(Br)c(Br)o1. The molecule has 0 atom stereocenters. The van der Waals surface area contributed by atoms with E-state index in [1.807, 2.05) is 6.07 Å². The second kappa shape index (κ2) is 5.51. The Morgan fingerprint density at radius 2 is 1.93 bits per heavy atom. The molecule has 1 aromatic heterocycles. The summed E-state index contributed by atoms with van der Waals surface area (Å²) in [6, 6.07) is 1.99. The maximum atomic E-state index is 5.51. The molecule has 1 aromatic rings. The molecule has 0 saturated carbocycles. The molecule has 0 aliphatic heterocycles. The molecule has 2 nitrogen and oxygen atoms in total. The van der Waals surface area contributed by atoms with Gasteiger partial charge < -0.3 is 9.73 Å². The van der Waals surface area contributed by atoms with Gasteiger partial charge in [0.25, 0.3) is 0 Å². The Morgan fingerprint density at radius 3 is 2.33 bits per heavy atom. The summed E-state index contributed by atoms with van der Waals surface area (Å²) in [5.41, 5.74) is 0.200. The standard InChI is InChI=1S/C11H17Br2NO/c1-4-11(3,5-2)14-7-8-6-9(12)10(13)15-8/h6,14H,4-5,7H2,1-3H3. The van der Waals surface area contributed by atoms with Gasteiger partial charge in [-0.15, -0.1) is 0 Å². The number of halogens is 2. The molecule has 0 radical (unpaired) electrons. The molecule has 1 rings (SSSR count). The number of nitrogens with one attached hydrogen (secondary N) is 1. The van der Waals surface area contributed by atoms with E-state index < -0.39 is 0 Å². The van der Waals surface area contributed by atoms with Gasteiger partial charge in [0.15, 0.2) is 4.67 Å². The van der Waals surface area contributed by atoms with Crippen molar-refractivity contribution in [3.63, 3.8) is 0 Å². The quantitative estimate of drug-likeness (QED) is 0.856. The van der Waals surface area contributed by atoms with Crippen LogP contribution in [0.15, 0.2) is 19.6 Å². The minimum Gasteiger partial charge on any atom is -0.452 e. The van der Waals surface area contributed by atoms with Gasteiger partial charge in [-0.1, -0.05) is 13.8 Å².